The SMILES string of the molecule is O=C(N/N=C/C=C/c1ccccc1)c1ccc(OCc2nc3ccc(Cl)cc3[nH]2)cc1. The molecular formula is C24H19ClN4O2. The van der Waals surface area contributed by atoms with E-state index in [-0.39, 0.29) is 12.5 Å². The van der Waals surface area contributed by atoms with Crippen molar-refractivity contribution in [1.82, 2.24) is 15.4 Å². The summed E-state index contributed by atoms with van der Waals surface area (Å²) < 4.78 is 5.74. The van der Waals surface area contributed by atoms with Crippen LogP contribution in [0.1, 0.15) is 21.7 Å². The number of fused-ring (bicyclic) bond motifs is 1. The summed E-state index contributed by atoms with van der Waals surface area (Å²) in [5, 5.41) is 4.57. The summed E-state index contributed by atoms with van der Waals surface area (Å²) in [6, 6.07) is 22.1. The zero-order valence-electron chi connectivity index (χ0n) is 16.5. The molecule has 1 amide bonds. The molecule has 6 nitrogen and oxygen atoms in total. The minimum atomic E-state index is -0.301. The molecule has 3 aromatic carbocycles. The molecule has 0 unspecified atom stereocenters. The first kappa shape index (κ1) is 20.4. The van der Waals surface area contributed by atoms with Gasteiger partial charge in [0.2, 0.25) is 0 Å². The van der Waals surface area contributed by atoms with Gasteiger partial charge in [-0.1, -0.05) is 48.0 Å². The number of halogens is 1. The van der Waals surface area contributed by atoms with Crippen molar-refractivity contribution in [2.75, 3.05) is 0 Å². The van der Waals surface area contributed by atoms with Crippen LogP contribution < -0.4 is 10.2 Å². The van der Waals surface area contributed by atoms with Gasteiger partial charge in [-0.15, -0.1) is 0 Å². The summed E-state index contributed by atoms with van der Waals surface area (Å²) in [7, 11) is 0. The van der Waals surface area contributed by atoms with Crippen LogP contribution in [0.3, 0.4) is 0 Å². The maximum absolute atomic E-state index is 12.2. The van der Waals surface area contributed by atoms with Crippen LogP contribution in [0.25, 0.3) is 17.1 Å². The Morgan fingerprint density at radius 1 is 1.10 bits per heavy atom. The smallest absolute Gasteiger partial charge is 0.271 e. The van der Waals surface area contributed by atoms with E-state index in [0.29, 0.717) is 22.2 Å². The molecule has 0 bridgehead atoms. The van der Waals surface area contributed by atoms with Crippen LogP contribution >= 0.6 is 11.6 Å². The first-order chi connectivity index (χ1) is 15.2. The zero-order valence-corrected chi connectivity index (χ0v) is 17.2. The molecule has 0 aliphatic rings. The third-order valence-electron chi connectivity index (χ3n) is 4.40. The lowest BCUT2D eigenvalue weighted by molar-refractivity contribution is 0.0955. The third kappa shape index (κ3) is 5.58. The Hall–Kier alpha value is -3.90. The van der Waals surface area contributed by atoms with Gasteiger partial charge in [0.1, 0.15) is 18.2 Å². The number of H-pyrrole nitrogens is 1. The van der Waals surface area contributed by atoms with Gasteiger partial charge in [-0.2, -0.15) is 5.10 Å². The molecule has 0 atom stereocenters. The van der Waals surface area contributed by atoms with E-state index in [0.717, 1.165) is 16.6 Å². The standard InChI is InChI=1S/C24H19ClN4O2/c25-19-10-13-21-22(15-19)28-23(27-21)16-31-20-11-8-18(9-12-20)24(30)29-26-14-4-7-17-5-2-1-3-6-17/h1-15H,16H2,(H,27,28)(H,29,30)/b7-4+,26-14+. The fourth-order valence-corrected chi connectivity index (χ4v) is 3.05. The van der Waals surface area contributed by atoms with Crippen LogP contribution in [-0.2, 0) is 6.61 Å². The van der Waals surface area contributed by atoms with Crippen LogP contribution in [0.5, 0.6) is 5.75 Å². The normalized spacial score (nSPS) is 11.4. The highest BCUT2D eigenvalue weighted by atomic mass is 35.5. The lowest BCUT2D eigenvalue weighted by Crippen LogP contribution is -2.17. The maximum atomic E-state index is 12.2. The van der Waals surface area contributed by atoms with Gasteiger partial charge < -0.3 is 9.72 Å². The molecule has 0 aliphatic heterocycles. The number of nitrogens with zero attached hydrogens (tertiary/aromatic N) is 2. The number of amides is 1. The molecule has 2 N–H and O–H groups in total. The molecule has 1 aromatic heterocycles. The second-order valence-corrected chi connectivity index (χ2v) is 7.08. The van der Waals surface area contributed by atoms with E-state index in [9.17, 15) is 4.79 Å². The lowest BCUT2D eigenvalue weighted by atomic mass is 10.2. The predicted molar refractivity (Wildman–Crippen MR) is 123 cm³/mol. The van der Waals surface area contributed by atoms with Crippen molar-refractivity contribution >= 4 is 40.8 Å². The largest absolute Gasteiger partial charge is 0.486 e. The van der Waals surface area contributed by atoms with E-state index in [1.54, 1.807) is 36.4 Å². The van der Waals surface area contributed by atoms with Gasteiger partial charge in [0.15, 0.2) is 0 Å². The van der Waals surface area contributed by atoms with Gasteiger partial charge in [-0.3, -0.25) is 4.79 Å². The van der Waals surface area contributed by atoms with Crippen molar-refractivity contribution in [3.05, 3.63) is 101 Å². The van der Waals surface area contributed by atoms with E-state index in [2.05, 4.69) is 20.5 Å². The van der Waals surface area contributed by atoms with Crippen molar-refractivity contribution in [3.63, 3.8) is 0 Å². The van der Waals surface area contributed by atoms with Crippen LogP contribution in [-0.4, -0.2) is 22.1 Å². The Morgan fingerprint density at radius 2 is 1.90 bits per heavy atom. The molecule has 0 saturated carbocycles. The fourth-order valence-electron chi connectivity index (χ4n) is 2.88. The molecule has 1 heterocycles. The zero-order chi connectivity index (χ0) is 21.5. The second-order valence-electron chi connectivity index (χ2n) is 6.65. The van der Waals surface area contributed by atoms with E-state index in [4.69, 9.17) is 16.3 Å². The van der Waals surface area contributed by atoms with Crippen molar-refractivity contribution in [2.24, 2.45) is 5.10 Å². The second kappa shape index (κ2) is 9.73. The molecule has 4 aromatic rings. The summed E-state index contributed by atoms with van der Waals surface area (Å²) >= 11 is 5.99. The van der Waals surface area contributed by atoms with Gasteiger partial charge >= 0.3 is 0 Å². The van der Waals surface area contributed by atoms with Gasteiger partial charge in [0.25, 0.3) is 5.91 Å². The molecule has 0 saturated heterocycles. The number of carbonyl (C=O) groups excluding carboxylic acids is 1. The minimum Gasteiger partial charge on any atom is -0.486 e. The highest BCUT2D eigenvalue weighted by Gasteiger charge is 2.06. The van der Waals surface area contributed by atoms with Crippen LogP contribution in [0.2, 0.25) is 5.02 Å². The molecule has 31 heavy (non-hydrogen) atoms. The maximum Gasteiger partial charge on any atom is 0.271 e. The molecule has 4 rings (SSSR count). The summed E-state index contributed by atoms with van der Waals surface area (Å²) in [4.78, 5) is 19.8. The minimum absolute atomic E-state index is 0.274. The Kier molecular flexibility index (Phi) is 6.40. The molecular weight excluding hydrogens is 412 g/mol. The summed E-state index contributed by atoms with van der Waals surface area (Å²) in [6.45, 7) is 0.274. The predicted octanol–water partition coefficient (Wildman–Crippen LogP) is 5.22. The summed E-state index contributed by atoms with van der Waals surface area (Å²) in [5.74, 6) is 1.02. The molecule has 0 spiro atoms. The van der Waals surface area contributed by atoms with E-state index in [1.807, 2.05) is 48.5 Å². The molecule has 154 valence electrons. The van der Waals surface area contributed by atoms with Gasteiger partial charge in [-0.05, 0) is 54.1 Å². The Bertz CT molecular complexity index is 1230. The van der Waals surface area contributed by atoms with Crippen LogP contribution in [0, 0.1) is 0 Å². The number of allylic oxidation sites excluding steroid dienone is 1. The summed E-state index contributed by atoms with van der Waals surface area (Å²) in [6.07, 6.45) is 5.19. The van der Waals surface area contributed by atoms with E-state index < -0.39 is 0 Å². The Balaban J connectivity index is 1.28. The molecule has 0 aliphatic carbocycles. The van der Waals surface area contributed by atoms with Crippen molar-refractivity contribution in [2.45, 2.75) is 6.61 Å². The van der Waals surface area contributed by atoms with Crippen LogP contribution in [0.15, 0.2) is 84.0 Å². The number of hydrazone groups is 1. The highest BCUT2D eigenvalue weighted by molar-refractivity contribution is 6.31. The average molecular weight is 431 g/mol. The Morgan fingerprint density at radius 3 is 2.71 bits per heavy atom. The van der Waals surface area contributed by atoms with Gasteiger partial charge in [-0.25, -0.2) is 10.4 Å². The average Bonchev–Trinajstić information content (AvgIpc) is 3.20. The topological polar surface area (TPSA) is 79.4 Å². The molecule has 0 fully saturated rings. The van der Waals surface area contributed by atoms with Gasteiger partial charge in [0.05, 0.1) is 11.0 Å². The number of hydrogen-bond donors (Lipinski definition) is 2. The fraction of sp³-hybridized carbons (Fsp3) is 0.0417. The number of rotatable bonds is 7. The van der Waals surface area contributed by atoms with Crippen LogP contribution in [0.4, 0.5) is 0 Å². The monoisotopic (exact) mass is 430 g/mol. The van der Waals surface area contributed by atoms with Gasteiger partial charge in [0, 0.05) is 16.8 Å². The highest BCUT2D eigenvalue weighted by Crippen LogP contribution is 2.18. The number of nitrogens with one attached hydrogen (secondary N) is 2. The van der Waals surface area contributed by atoms with Crippen molar-refractivity contribution in [1.29, 1.82) is 0 Å². The first-order valence-electron chi connectivity index (χ1n) is 9.59. The summed E-state index contributed by atoms with van der Waals surface area (Å²) in [5.41, 5.74) is 5.72. The number of hydrogen-bond acceptors (Lipinski definition) is 4. The number of benzene rings is 3. The number of carbonyl (C=O) groups is 1. The number of imidazole rings is 1. The number of ether oxygens (including phenoxy) is 1. The van der Waals surface area contributed by atoms with Crippen molar-refractivity contribution in [3.8, 4) is 5.75 Å². The lowest BCUT2D eigenvalue weighted by Gasteiger charge is -2.05. The molecule has 7 heteroatoms. The number of aromatic nitrogens is 2. The van der Waals surface area contributed by atoms with E-state index >= 15 is 0 Å². The molecule has 0 radical (unpaired) electrons. The quantitative estimate of drug-likeness (QED) is 0.311. The first-order valence-corrected chi connectivity index (χ1v) is 9.97. The van der Waals surface area contributed by atoms with E-state index in [1.165, 1.54) is 6.21 Å². The van der Waals surface area contributed by atoms with Crippen molar-refractivity contribution < 1.29 is 9.53 Å². The third-order valence-corrected chi connectivity index (χ3v) is 4.64. The number of aromatic amines is 1. The Labute approximate surface area is 184 Å².